The van der Waals surface area contributed by atoms with Crippen LogP contribution in [0.15, 0.2) is 6.20 Å². The van der Waals surface area contributed by atoms with Crippen LogP contribution in [-0.4, -0.2) is 16.3 Å². The summed E-state index contributed by atoms with van der Waals surface area (Å²) in [6, 6.07) is 0.362. The highest BCUT2D eigenvalue weighted by Crippen LogP contribution is 2.51. The molecule has 0 aromatic carbocycles. The summed E-state index contributed by atoms with van der Waals surface area (Å²) in [5.41, 5.74) is 1.21. The number of hydrogen-bond donors (Lipinski definition) is 1. The van der Waals surface area contributed by atoms with Crippen molar-refractivity contribution in [2.24, 2.45) is 17.8 Å². The summed E-state index contributed by atoms with van der Waals surface area (Å²) >= 11 is 6.45. The van der Waals surface area contributed by atoms with E-state index in [2.05, 4.69) is 28.9 Å². The second kappa shape index (κ2) is 6.70. The average Bonchev–Trinajstić information content (AvgIpc) is 3.15. The van der Waals surface area contributed by atoms with Crippen LogP contribution in [-0.2, 0) is 6.54 Å². The highest BCUT2D eigenvalue weighted by Gasteiger charge is 2.40. The van der Waals surface area contributed by atoms with Gasteiger partial charge in [-0.05, 0) is 56.4 Å². The van der Waals surface area contributed by atoms with E-state index in [9.17, 15) is 0 Å². The summed E-state index contributed by atoms with van der Waals surface area (Å²) in [4.78, 5) is 0. The normalized spacial score (nSPS) is 29.2. The van der Waals surface area contributed by atoms with Gasteiger partial charge in [0, 0.05) is 6.54 Å². The molecular formula is C17H28ClN3. The standard InChI is InChI=1S/C17H28ClN3/c1-3-7-21-17(15(18)11-20-21)16(19-4-2)10-14-9-12-5-6-13(14)8-12/h11-14,16,19H,3-10H2,1-2H3. The molecule has 4 heteroatoms. The third-order valence-electron chi connectivity index (χ3n) is 5.47. The first kappa shape index (κ1) is 15.4. The summed E-state index contributed by atoms with van der Waals surface area (Å²) in [5, 5.41) is 8.97. The Bertz CT molecular complexity index is 471. The van der Waals surface area contributed by atoms with Gasteiger partial charge in [0.15, 0.2) is 0 Å². The summed E-state index contributed by atoms with van der Waals surface area (Å²) in [6.07, 6.45) is 9.98. The van der Waals surface area contributed by atoms with Gasteiger partial charge in [0.1, 0.15) is 0 Å². The molecule has 21 heavy (non-hydrogen) atoms. The molecule has 1 aromatic heterocycles. The molecular weight excluding hydrogens is 282 g/mol. The zero-order valence-electron chi connectivity index (χ0n) is 13.3. The quantitative estimate of drug-likeness (QED) is 0.808. The molecule has 2 aliphatic carbocycles. The lowest BCUT2D eigenvalue weighted by molar-refractivity contribution is 0.274. The van der Waals surface area contributed by atoms with Crippen molar-refractivity contribution in [3.63, 3.8) is 0 Å². The summed E-state index contributed by atoms with van der Waals surface area (Å²) < 4.78 is 2.11. The Labute approximate surface area is 133 Å². The molecule has 2 bridgehead atoms. The van der Waals surface area contributed by atoms with Gasteiger partial charge >= 0.3 is 0 Å². The van der Waals surface area contributed by atoms with Crippen LogP contribution in [0.4, 0.5) is 0 Å². The molecule has 4 unspecified atom stereocenters. The first-order valence-electron chi connectivity index (χ1n) is 8.67. The first-order valence-corrected chi connectivity index (χ1v) is 9.05. The van der Waals surface area contributed by atoms with Crippen molar-refractivity contribution >= 4 is 11.6 Å². The highest BCUT2D eigenvalue weighted by molar-refractivity contribution is 6.31. The largest absolute Gasteiger partial charge is 0.309 e. The van der Waals surface area contributed by atoms with E-state index < -0.39 is 0 Å². The fourth-order valence-electron chi connectivity index (χ4n) is 4.61. The highest BCUT2D eigenvalue weighted by atomic mass is 35.5. The van der Waals surface area contributed by atoms with Crippen molar-refractivity contribution in [2.75, 3.05) is 6.54 Å². The maximum absolute atomic E-state index is 6.45. The molecule has 118 valence electrons. The van der Waals surface area contributed by atoms with Crippen molar-refractivity contribution in [2.45, 2.75) is 65.0 Å². The smallest absolute Gasteiger partial charge is 0.0834 e. The van der Waals surface area contributed by atoms with Gasteiger partial charge in [-0.2, -0.15) is 5.10 Å². The van der Waals surface area contributed by atoms with Crippen molar-refractivity contribution in [1.82, 2.24) is 15.1 Å². The van der Waals surface area contributed by atoms with Gasteiger partial charge in [0.25, 0.3) is 0 Å². The average molecular weight is 310 g/mol. The molecule has 2 aliphatic rings. The zero-order valence-corrected chi connectivity index (χ0v) is 14.1. The second-order valence-corrected chi connectivity index (χ2v) is 7.29. The monoisotopic (exact) mass is 309 g/mol. The van der Waals surface area contributed by atoms with Crippen molar-refractivity contribution in [3.05, 3.63) is 16.9 Å². The van der Waals surface area contributed by atoms with E-state index in [4.69, 9.17) is 11.6 Å². The lowest BCUT2D eigenvalue weighted by Crippen LogP contribution is -2.28. The molecule has 0 saturated heterocycles. The van der Waals surface area contributed by atoms with E-state index in [0.717, 1.165) is 42.3 Å². The third kappa shape index (κ3) is 3.14. The lowest BCUT2D eigenvalue weighted by Gasteiger charge is -2.28. The van der Waals surface area contributed by atoms with Crippen LogP contribution in [0.5, 0.6) is 0 Å². The van der Waals surface area contributed by atoms with Gasteiger partial charge in [-0.25, -0.2) is 0 Å². The molecule has 3 nitrogen and oxygen atoms in total. The maximum Gasteiger partial charge on any atom is 0.0834 e. The number of halogens is 1. The van der Waals surface area contributed by atoms with Crippen LogP contribution in [0, 0.1) is 17.8 Å². The van der Waals surface area contributed by atoms with Gasteiger partial charge in [0.05, 0.1) is 23.0 Å². The summed E-state index contributed by atoms with van der Waals surface area (Å²) in [5.74, 6) is 2.87. The Morgan fingerprint density at radius 1 is 1.38 bits per heavy atom. The van der Waals surface area contributed by atoms with Crippen LogP contribution >= 0.6 is 11.6 Å². The SMILES string of the molecule is CCCn1ncc(Cl)c1C(CC1CC2CCC1C2)NCC. The number of nitrogens with one attached hydrogen (secondary N) is 1. The van der Waals surface area contributed by atoms with Crippen molar-refractivity contribution < 1.29 is 0 Å². The molecule has 2 fully saturated rings. The Morgan fingerprint density at radius 2 is 2.24 bits per heavy atom. The van der Waals surface area contributed by atoms with Crippen LogP contribution in [0.25, 0.3) is 0 Å². The van der Waals surface area contributed by atoms with E-state index in [1.165, 1.54) is 37.8 Å². The van der Waals surface area contributed by atoms with Crippen molar-refractivity contribution in [3.8, 4) is 0 Å². The minimum absolute atomic E-state index is 0.362. The van der Waals surface area contributed by atoms with Crippen molar-refractivity contribution in [1.29, 1.82) is 0 Å². The number of aryl methyl sites for hydroxylation is 1. The molecule has 0 spiro atoms. The Hall–Kier alpha value is -0.540. The minimum Gasteiger partial charge on any atom is -0.309 e. The molecule has 0 aliphatic heterocycles. The van der Waals surface area contributed by atoms with Crippen LogP contribution in [0.1, 0.15) is 64.1 Å². The predicted octanol–water partition coefficient (Wildman–Crippen LogP) is 4.42. The van der Waals surface area contributed by atoms with Crippen LogP contribution < -0.4 is 5.32 Å². The van der Waals surface area contributed by atoms with E-state index in [-0.39, 0.29) is 0 Å². The lowest BCUT2D eigenvalue weighted by atomic mass is 9.83. The Morgan fingerprint density at radius 3 is 2.86 bits per heavy atom. The van der Waals surface area contributed by atoms with Gasteiger partial charge in [-0.3, -0.25) is 4.68 Å². The van der Waals surface area contributed by atoms with Crippen LogP contribution in [0.3, 0.4) is 0 Å². The number of hydrogen-bond acceptors (Lipinski definition) is 2. The van der Waals surface area contributed by atoms with E-state index in [1.807, 2.05) is 6.20 Å². The van der Waals surface area contributed by atoms with Crippen LogP contribution in [0.2, 0.25) is 5.02 Å². The minimum atomic E-state index is 0.362. The van der Waals surface area contributed by atoms with E-state index in [0.29, 0.717) is 6.04 Å². The molecule has 1 aromatic rings. The molecule has 3 rings (SSSR count). The van der Waals surface area contributed by atoms with E-state index in [1.54, 1.807) is 0 Å². The number of rotatable bonds is 7. The Balaban J connectivity index is 1.76. The Kier molecular flexibility index (Phi) is 4.90. The molecule has 2 saturated carbocycles. The number of nitrogens with zero attached hydrogens (tertiary/aromatic N) is 2. The first-order chi connectivity index (χ1) is 10.2. The van der Waals surface area contributed by atoms with E-state index >= 15 is 0 Å². The zero-order chi connectivity index (χ0) is 14.8. The third-order valence-corrected chi connectivity index (χ3v) is 5.76. The molecule has 0 amide bonds. The fourth-order valence-corrected chi connectivity index (χ4v) is 4.89. The number of fused-ring (bicyclic) bond motifs is 2. The van der Waals surface area contributed by atoms with Gasteiger partial charge in [0.2, 0.25) is 0 Å². The summed E-state index contributed by atoms with van der Waals surface area (Å²) in [6.45, 7) is 6.32. The molecule has 1 heterocycles. The second-order valence-electron chi connectivity index (χ2n) is 6.88. The number of aromatic nitrogens is 2. The maximum atomic E-state index is 6.45. The van der Waals surface area contributed by atoms with Gasteiger partial charge in [-0.1, -0.05) is 31.9 Å². The molecule has 4 atom stereocenters. The predicted molar refractivity (Wildman–Crippen MR) is 87.5 cm³/mol. The molecule has 0 radical (unpaired) electrons. The van der Waals surface area contributed by atoms with Gasteiger partial charge in [-0.15, -0.1) is 0 Å². The van der Waals surface area contributed by atoms with Gasteiger partial charge < -0.3 is 5.32 Å². The topological polar surface area (TPSA) is 29.9 Å². The summed E-state index contributed by atoms with van der Waals surface area (Å²) in [7, 11) is 0. The molecule has 1 N–H and O–H groups in total. The fraction of sp³-hybridized carbons (Fsp3) is 0.824.